The number of nitrogens with two attached hydrogens (primary N) is 1. The molecule has 0 spiro atoms. The number of carbonyl (C=O) groups is 2. The molecule has 3 aromatic carbocycles. The van der Waals surface area contributed by atoms with Crippen LogP contribution in [0.4, 0.5) is 5.69 Å². The van der Waals surface area contributed by atoms with Gasteiger partial charge in [0.05, 0.1) is 5.56 Å². The Balaban J connectivity index is 1.74. The number of anilines is 1. The lowest BCUT2D eigenvalue weighted by Crippen LogP contribution is -2.16. The summed E-state index contributed by atoms with van der Waals surface area (Å²) in [5.41, 5.74) is 11.2. The van der Waals surface area contributed by atoms with Crippen LogP contribution in [-0.4, -0.2) is 31.6 Å². The van der Waals surface area contributed by atoms with E-state index in [0.29, 0.717) is 33.5 Å². The van der Waals surface area contributed by atoms with Crippen LogP contribution in [0.25, 0.3) is 11.1 Å². The first-order valence-corrected chi connectivity index (χ1v) is 10.6. The van der Waals surface area contributed by atoms with Crippen LogP contribution < -0.4 is 11.1 Å². The van der Waals surface area contributed by atoms with Crippen LogP contribution in [0.3, 0.4) is 0 Å². The third-order valence-electron chi connectivity index (χ3n) is 5.68. The molecule has 0 fully saturated rings. The van der Waals surface area contributed by atoms with Gasteiger partial charge in [-0.1, -0.05) is 24.3 Å². The summed E-state index contributed by atoms with van der Waals surface area (Å²) in [6.45, 7) is -0.152. The Morgan fingerprint density at radius 1 is 0.970 bits per heavy atom. The van der Waals surface area contributed by atoms with Crippen molar-refractivity contribution in [1.82, 2.24) is 0 Å². The Morgan fingerprint density at radius 3 is 2.36 bits per heavy atom. The van der Waals surface area contributed by atoms with Gasteiger partial charge in [-0.25, -0.2) is 4.79 Å². The van der Waals surface area contributed by atoms with Crippen LogP contribution in [0.15, 0.2) is 60.7 Å². The van der Waals surface area contributed by atoms with Crippen molar-refractivity contribution in [2.45, 2.75) is 19.3 Å². The van der Waals surface area contributed by atoms with Crippen LogP contribution in [0.5, 0.6) is 0 Å². The van der Waals surface area contributed by atoms with E-state index in [2.05, 4.69) is 5.32 Å². The van der Waals surface area contributed by atoms with Crippen molar-refractivity contribution in [3.63, 3.8) is 0 Å². The van der Waals surface area contributed by atoms with Gasteiger partial charge in [-0.2, -0.15) is 0 Å². The number of hydrogen-bond donors (Lipinski definition) is 3. The van der Waals surface area contributed by atoms with Crippen LogP contribution >= 0.6 is 0 Å². The summed E-state index contributed by atoms with van der Waals surface area (Å²) in [7, 11) is 1.45. The van der Waals surface area contributed by atoms with Gasteiger partial charge in [0.25, 0.3) is 5.91 Å². The van der Waals surface area contributed by atoms with Gasteiger partial charge in [0.2, 0.25) is 0 Å². The fourth-order valence-electron chi connectivity index (χ4n) is 4.05. The number of aryl methyl sites for hydroxylation is 2. The maximum absolute atomic E-state index is 13.4. The Hall–Kier alpha value is -3.97. The van der Waals surface area contributed by atoms with E-state index in [4.69, 9.17) is 20.6 Å². The highest BCUT2D eigenvalue weighted by Gasteiger charge is 2.23. The first kappa shape index (κ1) is 22.2. The van der Waals surface area contributed by atoms with E-state index in [0.717, 1.165) is 24.8 Å². The number of hydrogen-bond acceptors (Lipinski definition) is 5. The van der Waals surface area contributed by atoms with Gasteiger partial charge in [0.15, 0.2) is 6.79 Å². The SMILES string of the molecule is COCOC(=O)c1ccccc1-c1cc2c(cc1C(=O)Nc1ccc(C(=N)N)cc1)CCC2. The molecule has 0 bridgehead atoms. The zero-order valence-electron chi connectivity index (χ0n) is 18.3. The van der Waals surface area contributed by atoms with E-state index in [1.807, 2.05) is 24.3 Å². The van der Waals surface area contributed by atoms with Crippen LogP contribution in [0.2, 0.25) is 0 Å². The number of nitrogens with one attached hydrogen (secondary N) is 2. The topological polar surface area (TPSA) is 114 Å². The molecule has 0 aliphatic heterocycles. The van der Waals surface area contributed by atoms with Crippen LogP contribution in [-0.2, 0) is 22.3 Å². The number of rotatable bonds is 7. The molecule has 168 valence electrons. The molecule has 33 heavy (non-hydrogen) atoms. The Labute approximate surface area is 192 Å². The Morgan fingerprint density at radius 2 is 1.67 bits per heavy atom. The van der Waals surface area contributed by atoms with Crippen molar-refractivity contribution in [3.8, 4) is 11.1 Å². The summed E-state index contributed by atoms with van der Waals surface area (Å²) in [5.74, 6) is -0.833. The Kier molecular flexibility index (Phi) is 6.51. The predicted octanol–water partition coefficient (Wildman–Crippen LogP) is 4.14. The van der Waals surface area contributed by atoms with Crippen molar-refractivity contribution in [3.05, 3.63) is 88.5 Å². The third kappa shape index (κ3) is 4.78. The maximum Gasteiger partial charge on any atom is 0.340 e. The minimum atomic E-state index is -0.515. The first-order chi connectivity index (χ1) is 16.0. The summed E-state index contributed by atoms with van der Waals surface area (Å²) in [6, 6.07) is 17.8. The molecular weight excluding hydrogens is 418 g/mol. The molecule has 1 amide bonds. The second-order valence-corrected chi connectivity index (χ2v) is 7.85. The van der Waals surface area contributed by atoms with Gasteiger partial charge in [0, 0.05) is 23.9 Å². The highest BCUT2D eigenvalue weighted by atomic mass is 16.7. The molecule has 0 heterocycles. The van der Waals surface area contributed by atoms with Gasteiger partial charge in [-0.15, -0.1) is 0 Å². The number of amidine groups is 1. The molecule has 0 saturated heterocycles. The van der Waals surface area contributed by atoms with E-state index in [1.165, 1.54) is 12.7 Å². The second kappa shape index (κ2) is 9.67. The number of amides is 1. The largest absolute Gasteiger partial charge is 0.435 e. The Bertz CT molecular complexity index is 1220. The van der Waals surface area contributed by atoms with Crippen LogP contribution in [0.1, 0.15) is 43.8 Å². The quantitative estimate of drug-likeness (QED) is 0.220. The molecule has 4 rings (SSSR count). The molecule has 1 aliphatic carbocycles. The number of nitrogen functional groups attached to an aromatic ring is 1. The molecule has 0 radical (unpaired) electrons. The molecule has 1 aliphatic rings. The fraction of sp³-hybridized carbons (Fsp3) is 0.192. The van der Waals surface area contributed by atoms with Crippen molar-refractivity contribution in [2.75, 3.05) is 19.2 Å². The molecule has 0 saturated carbocycles. The monoisotopic (exact) mass is 443 g/mol. The number of esters is 1. The van der Waals surface area contributed by atoms with E-state index in [1.54, 1.807) is 36.4 Å². The van der Waals surface area contributed by atoms with Crippen LogP contribution in [0, 0.1) is 5.41 Å². The molecular formula is C26H25N3O4. The molecule has 0 unspecified atom stereocenters. The standard InChI is InChI=1S/C26H25N3O4/c1-32-15-33-26(31)21-8-3-2-7-20(21)22-13-17-5-4-6-18(17)14-23(22)25(30)29-19-11-9-16(10-12-19)24(27)28/h2-3,7-14H,4-6,15H2,1H3,(H3,27,28)(H,29,30). The summed E-state index contributed by atoms with van der Waals surface area (Å²) in [5, 5.41) is 10.4. The molecule has 0 atom stereocenters. The molecule has 3 aromatic rings. The van der Waals surface area contributed by atoms with Gasteiger partial charge in [-0.3, -0.25) is 10.2 Å². The number of fused-ring (bicyclic) bond motifs is 1. The number of carbonyl (C=O) groups excluding carboxylic acids is 2. The lowest BCUT2D eigenvalue weighted by Gasteiger charge is -2.16. The molecule has 7 nitrogen and oxygen atoms in total. The summed E-state index contributed by atoms with van der Waals surface area (Å²) in [6.07, 6.45) is 2.89. The summed E-state index contributed by atoms with van der Waals surface area (Å²) >= 11 is 0. The maximum atomic E-state index is 13.4. The van der Waals surface area contributed by atoms with Crippen molar-refractivity contribution in [1.29, 1.82) is 5.41 Å². The number of methoxy groups -OCH3 is 1. The van der Waals surface area contributed by atoms with Gasteiger partial charge in [0.1, 0.15) is 5.84 Å². The van der Waals surface area contributed by atoms with Gasteiger partial charge < -0.3 is 20.5 Å². The lowest BCUT2D eigenvalue weighted by molar-refractivity contribution is -0.0124. The minimum Gasteiger partial charge on any atom is -0.435 e. The fourth-order valence-corrected chi connectivity index (χ4v) is 4.05. The normalized spacial score (nSPS) is 12.2. The smallest absolute Gasteiger partial charge is 0.340 e. The average molecular weight is 444 g/mol. The summed E-state index contributed by atoms with van der Waals surface area (Å²) in [4.78, 5) is 26.0. The average Bonchev–Trinajstić information content (AvgIpc) is 3.29. The second-order valence-electron chi connectivity index (χ2n) is 7.85. The number of benzene rings is 3. The summed E-state index contributed by atoms with van der Waals surface area (Å²) < 4.78 is 10.0. The van der Waals surface area contributed by atoms with Gasteiger partial charge in [-0.05, 0) is 77.9 Å². The lowest BCUT2D eigenvalue weighted by atomic mass is 9.91. The molecule has 4 N–H and O–H groups in total. The van der Waals surface area contributed by atoms with Crippen molar-refractivity contribution in [2.24, 2.45) is 5.73 Å². The molecule has 0 aromatic heterocycles. The van der Waals surface area contributed by atoms with E-state index >= 15 is 0 Å². The first-order valence-electron chi connectivity index (χ1n) is 10.6. The highest BCUT2D eigenvalue weighted by molar-refractivity contribution is 6.11. The van der Waals surface area contributed by atoms with Crippen molar-refractivity contribution < 1.29 is 19.1 Å². The predicted molar refractivity (Wildman–Crippen MR) is 127 cm³/mol. The van der Waals surface area contributed by atoms with E-state index < -0.39 is 5.97 Å². The third-order valence-corrected chi connectivity index (χ3v) is 5.68. The van der Waals surface area contributed by atoms with Gasteiger partial charge >= 0.3 is 5.97 Å². The number of ether oxygens (including phenoxy) is 2. The highest BCUT2D eigenvalue weighted by Crippen LogP contribution is 2.34. The van der Waals surface area contributed by atoms with Crippen molar-refractivity contribution >= 4 is 23.4 Å². The van der Waals surface area contributed by atoms with E-state index in [-0.39, 0.29) is 18.5 Å². The zero-order valence-corrected chi connectivity index (χ0v) is 18.3. The zero-order chi connectivity index (χ0) is 23.4. The molecule has 7 heteroatoms. The van der Waals surface area contributed by atoms with E-state index in [9.17, 15) is 9.59 Å². The minimum absolute atomic E-state index is 0.0363.